The van der Waals surface area contributed by atoms with Crippen LogP contribution in [0.2, 0.25) is 0 Å². The molecule has 2 rings (SSSR count). The average molecular weight is 292 g/mol. The summed E-state index contributed by atoms with van der Waals surface area (Å²) in [6.07, 6.45) is 3.30. The topological polar surface area (TPSA) is 72.8 Å². The second-order valence-electron chi connectivity index (χ2n) is 5.71. The number of carbonyl (C=O) groups is 1. The van der Waals surface area contributed by atoms with Crippen LogP contribution < -0.4 is 5.32 Å². The third-order valence-corrected chi connectivity index (χ3v) is 3.94. The third-order valence-electron chi connectivity index (χ3n) is 3.94. The molecule has 1 amide bonds. The molecule has 1 aliphatic heterocycles. The molecule has 21 heavy (non-hydrogen) atoms. The van der Waals surface area contributed by atoms with Gasteiger partial charge in [0.25, 0.3) is 0 Å². The SMILES string of the molecule is O=C(CO)NCCC1CCCN(Cc2cccc(O)c2)C1. The fourth-order valence-electron chi connectivity index (χ4n) is 2.92. The normalized spacial score (nSPS) is 19.4. The molecule has 0 aromatic heterocycles. The van der Waals surface area contributed by atoms with Gasteiger partial charge < -0.3 is 15.5 Å². The lowest BCUT2D eigenvalue weighted by molar-refractivity contribution is -0.123. The van der Waals surface area contributed by atoms with E-state index in [9.17, 15) is 9.90 Å². The minimum absolute atomic E-state index is 0.303. The number of rotatable bonds is 6. The van der Waals surface area contributed by atoms with E-state index in [0.717, 1.165) is 38.0 Å². The highest BCUT2D eigenvalue weighted by Gasteiger charge is 2.19. The standard InChI is InChI=1S/C16H24N2O3/c19-12-16(21)17-7-6-13-4-2-8-18(10-13)11-14-3-1-5-15(20)9-14/h1,3,5,9,13,19-20H,2,4,6-8,10-12H2,(H,17,21). The van der Waals surface area contributed by atoms with Gasteiger partial charge in [0.2, 0.25) is 5.91 Å². The Morgan fingerprint density at radius 2 is 2.29 bits per heavy atom. The summed E-state index contributed by atoms with van der Waals surface area (Å²) < 4.78 is 0. The number of nitrogens with zero attached hydrogens (tertiary/aromatic N) is 1. The van der Waals surface area contributed by atoms with E-state index in [1.54, 1.807) is 6.07 Å². The Morgan fingerprint density at radius 1 is 1.43 bits per heavy atom. The summed E-state index contributed by atoms with van der Waals surface area (Å²) in [5.74, 6) is 0.588. The number of amides is 1. The molecule has 1 heterocycles. The molecule has 1 aromatic carbocycles. The van der Waals surface area contributed by atoms with Crippen LogP contribution in [0.4, 0.5) is 0 Å². The predicted octanol–water partition coefficient (Wildman–Crippen LogP) is 1.10. The van der Waals surface area contributed by atoms with Gasteiger partial charge in [-0.2, -0.15) is 0 Å². The van der Waals surface area contributed by atoms with Crippen molar-refractivity contribution in [1.82, 2.24) is 10.2 Å². The number of nitrogens with one attached hydrogen (secondary N) is 1. The first-order valence-corrected chi connectivity index (χ1v) is 7.55. The van der Waals surface area contributed by atoms with Gasteiger partial charge >= 0.3 is 0 Å². The Bertz CT molecular complexity index is 465. The number of likely N-dealkylation sites (tertiary alicyclic amines) is 1. The second kappa shape index (κ2) is 8.00. The number of carbonyl (C=O) groups excluding carboxylic acids is 1. The fourth-order valence-corrected chi connectivity index (χ4v) is 2.92. The van der Waals surface area contributed by atoms with Crippen molar-refractivity contribution in [1.29, 1.82) is 0 Å². The minimum Gasteiger partial charge on any atom is -0.508 e. The minimum atomic E-state index is -0.436. The van der Waals surface area contributed by atoms with Crippen LogP contribution in [-0.4, -0.2) is 47.3 Å². The summed E-state index contributed by atoms with van der Waals surface area (Å²) >= 11 is 0. The highest BCUT2D eigenvalue weighted by Crippen LogP contribution is 2.21. The number of phenols is 1. The van der Waals surface area contributed by atoms with Crippen molar-refractivity contribution in [3.05, 3.63) is 29.8 Å². The van der Waals surface area contributed by atoms with E-state index in [4.69, 9.17) is 5.11 Å². The van der Waals surface area contributed by atoms with Gasteiger partial charge in [-0.3, -0.25) is 9.69 Å². The summed E-state index contributed by atoms with van der Waals surface area (Å²) in [7, 11) is 0. The summed E-state index contributed by atoms with van der Waals surface area (Å²) in [6.45, 7) is 3.14. The number of phenolic OH excluding ortho intramolecular Hbond substituents is 1. The average Bonchev–Trinajstić information content (AvgIpc) is 2.47. The monoisotopic (exact) mass is 292 g/mol. The molecule has 0 bridgehead atoms. The molecule has 1 aliphatic rings. The molecule has 5 heteroatoms. The molecule has 0 saturated carbocycles. The summed E-state index contributed by atoms with van der Waals surface area (Å²) in [5, 5.41) is 20.9. The predicted molar refractivity (Wildman–Crippen MR) is 80.8 cm³/mol. The molecule has 1 saturated heterocycles. The molecule has 1 aromatic rings. The number of aliphatic hydroxyl groups is 1. The summed E-state index contributed by atoms with van der Waals surface area (Å²) in [6, 6.07) is 7.40. The zero-order valence-electron chi connectivity index (χ0n) is 12.3. The van der Waals surface area contributed by atoms with Crippen LogP contribution in [0.15, 0.2) is 24.3 Å². The van der Waals surface area contributed by atoms with Gasteiger partial charge in [0.05, 0.1) is 0 Å². The molecule has 1 fully saturated rings. The largest absolute Gasteiger partial charge is 0.508 e. The van der Waals surface area contributed by atoms with Crippen LogP contribution in [0.1, 0.15) is 24.8 Å². The van der Waals surface area contributed by atoms with Crippen molar-refractivity contribution < 1.29 is 15.0 Å². The highest BCUT2D eigenvalue weighted by atomic mass is 16.3. The first-order valence-electron chi connectivity index (χ1n) is 7.55. The lowest BCUT2D eigenvalue weighted by Crippen LogP contribution is -2.37. The van der Waals surface area contributed by atoms with Crippen LogP contribution in [0.3, 0.4) is 0 Å². The van der Waals surface area contributed by atoms with Gasteiger partial charge in [0, 0.05) is 19.6 Å². The number of aliphatic hydroxyl groups excluding tert-OH is 1. The van der Waals surface area contributed by atoms with Gasteiger partial charge in [-0.1, -0.05) is 12.1 Å². The molecule has 0 spiro atoms. The number of aromatic hydroxyl groups is 1. The molecule has 0 radical (unpaired) electrons. The molecule has 0 aliphatic carbocycles. The van der Waals surface area contributed by atoms with Crippen LogP contribution in [0.25, 0.3) is 0 Å². The van der Waals surface area contributed by atoms with Gasteiger partial charge in [0.1, 0.15) is 12.4 Å². The van der Waals surface area contributed by atoms with Crippen LogP contribution in [-0.2, 0) is 11.3 Å². The molecule has 3 N–H and O–H groups in total. The van der Waals surface area contributed by atoms with E-state index >= 15 is 0 Å². The maximum atomic E-state index is 11.0. The van der Waals surface area contributed by atoms with E-state index in [1.165, 1.54) is 6.42 Å². The van der Waals surface area contributed by atoms with Crippen molar-refractivity contribution in [3.63, 3.8) is 0 Å². The molecular weight excluding hydrogens is 268 g/mol. The molecular formula is C16H24N2O3. The maximum absolute atomic E-state index is 11.0. The summed E-state index contributed by atoms with van der Waals surface area (Å²) in [5.41, 5.74) is 1.13. The van der Waals surface area contributed by atoms with Crippen LogP contribution in [0, 0.1) is 5.92 Å². The number of hydrogen-bond acceptors (Lipinski definition) is 4. The van der Waals surface area contributed by atoms with Crippen LogP contribution >= 0.6 is 0 Å². The van der Waals surface area contributed by atoms with Gasteiger partial charge in [-0.25, -0.2) is 0 Å². The van der Waals surface area contributed by atoms with Gasteiger partial charge in [-0.15, -0.1) is 0 Å². The molecule has 1 atom stereocenters. The van der Waals surface area contributed by atoms with E-state index in [-0.39, 0.29) is 5.91 Å². The summed E-state index contributed by atoms with van der Waals surface area (Å²) in [4.78, 5) is 13.4. The van der Waals surface area contributed by atoms with E-state index in [1.807, 2.05) is 18.2 Å². The Hall–Kier alpha value is -1.59. The quantitative estimate of drug-likeness (QED) is 0.734. The zero-order chi connectivity index (χ0) is 15.1. The first kappa shape index (κ1) is 15.8. The van der Waals surface area contributed by atoms with E-state index in [2.05, 4.69) is 10.2 Å². The fraction of sp³-hybridized carbons (Fsp3) is 0.562. The highest BCUT2D eigenvalue weighted by molar-refractivity contribution is 5.76. The second-order valence-corrected chi connectivity index (χ2v) is 5.71. The lowest BCUT2D eigenvalue weighted by Gasteiger charge is -2.32. The first-order chi connectivity index (χ1) is 10.2. The van der Waals surface area contributed by atoms with Crippen molar-refractivity contribution in [2.24, 2.45) is 5.92 Å². The van der Waals surface area contributed by atoms with E-state index in [0.29, 0.717) is 18.2 Å². The van der Waals surface area contributed by atoms with Gasteiger partial charge in [0.15, 0.2) is 0 Å². The van der Waals surface area contributed by atoms with E-state index < -0.39 is 6.61 Å². The van der Waals surface area contributed by atoms with Crippen molar-refractivity contribution in [2.45, 2.75) is 25.8 Å². The van der Waals surface area contributed by atoms with Crippen molar-refractivity contribution >= 4 is 5.91 Å². The smallest absolute Gasteiger partial charge is 0.245 e. The van der Waals surface area contributed by atoms with Crippen molar-refractivity contribution in [2.75, 3.05) is 26.2 Å². The Kier molecular flexibility index (Phi) is 6.02. The zero-order valence-corrected chi connectivity index (χ0v) is 12.3. The third kappa shape index (κ3) is 5.36. The Morgan fingerprint density at radius 3 is 3.05 bits per heavy atom. The van der Waals surface area contributed by atoms with Crippen molar-refractivity contribution in [3.8, 4) is 5.75 Å². The molecule has 116 valence electrons. The Labute approximate surface area is 125 Å². The molecule has 1 unspecified atom stereocenters. The van der Waals surface area contributed by atoms with Gasteiger partial charge in [-0.05, 0) is 49.4 Å². The van der Waals surface area contributed by atoms with Crippen LogP contribution in [0.5, 0.6) is 5.75 Å². The maximum Gasteiger partial charge on any atom is 0.245 e. The Balaban J connectivity index is 1.76. The number of benzene rings is 1. The number of piperidine rings is 1. The lowest BCUT2D eigenvalue weighted by atomic mass is 9.94. The number of hydrogen-bond donors (Lipinski definition) is 3. The molecule has 5 nitrogen and oxygen atoms in total.